The molecule has 0 radical (unpaired) electrons. The molecule has 1 aromatic heterocycles. The monoisotopic (exact) mass is 370 g/mol. The van der Waals surface area contributed by atoms with E-state index >= 15 is 0 Å². The van der Waals surface area contributed by atoms with E-state index in [2.05, 4.69) is 26.9 Å². The molecule has 7 heteroatoms. The van der Waals surface area contributed by atoms with Crippen LogP contribution in [0.15, 0.2) is 29.3 Å². The van der Waals surface area contributed by atoms with Gasteiger partial charge in [0.1, 0.15) is 18.1 Å². The Hall–Kier alpha value is -2.57. The third-order valence-electron chi connectivity index (χ3n) is 5.14. The van der Waals surface area contributed by atoms with E-state index in [-0.39, 0.29) is 0 Å². The van der Waals surface area contributed by atoms with Gasteiger partial charge < -0.3 is 19.9 Å². The van der Waals surface area contributed by atoms with Gasteiger partial charge in [0.15, 0.2) is 11.8 Å². The van der Waals surface area contributed by atoms with Crippen molar-refractivity contribution in [3.63, 3.8) is 0 Å². The molecular weight excluding hydrogens is 340 g/mol. The molecule has 1 saturated carbocycles. The number of para-hydroxylation sites is 1. The predicted molar refractivity (Wildman–Crippen MR) is 107 cm³/mol. The molecule has 146 valence electrons. The van der Waals surface area contributed by atoms with Gasteiger partial charge in [0, 0.05) is 19.6 Å². The van der Waals surface area contributed by atoms with Gasteiger partial charge in [-0.2, -0.15) is 0 Å². The summed E-state index contributed by atoms with van der Waals surface area (Å²) in [7, 11) is 3.68. The molecule has 0 atom stereocenters. The molecule has 2 aromatic rings. The van der Waals surface area contributed by atoms with Gasteiger partial charge in [-0.1, -0.05) is 31.0 Å². The van der Waals surface area contributed by atoms with Gasteiger partial charge in [0.25, 0.3) is 0 Å². The summed E-state index contributed by atoms with van der Waals surface area (Å²) in [5, 5.41) is 15.4. The van der Waals surface area contributed by atoms with Crippen LogP contribution in [0, 0.1) is 6.92 Å². The SMILES string of the molecule is COc1ccccc1CCNC(=NCc1nnc(C)n1C)NC1CCCC1. The summed E-state index contributed by atoms with van der Waals surface area (Å²) in [4.78, 5) is 4.75. The van der Waals surface area contributed by atoms with Crippen LogP contribution in [0.1, 0.15) is 42.9 Å². The number of aryl methyl sites for hydroxylation is 1. The fourth-order valence-electron chi connectivity index (χ4n) is 3.38. The molecule has 1 fully saturated rings. The van der Waals surface area contributed by atoms with Crippen LogP contribution in [0.3, 0.4) is 0 Å². The summed E-state index contributed by atoms with van der Waals surface area (Å²) in [6, 6.07) is 8.64. The van der Waals surface area contributed by atoms with E-state index in [9.17, 15) is 0 Å². The Bertz CT molecular complexity index is 764. The average molecular weight is 371 g/mol. The van der Waals surface area contributed by atoms with E-state index in [1.165, 1.54) is 31.2 Å². The van der Waals surface area contributed by atoms with Crippen LogP contribution in [0.2, 0.25) is 0 Å². The van der Waals surface area contributed by atoms with Crippen LogP contribution >= 0.6 is 0 Å². The fraction of sp³-hybridized carbons (Fsp3) is 0.550. The maximum Gasteiger partial charge on any atom is 0.191 e. The van der Waals surface area contributed by atoms with E-state index in [1.807, 2.05) is 36.7 Å². The number of ether oxygens (including phenoxy) is 1. The molecule has 1 aromatic carbocycles. The van der Waals surface area contributed by atoms with Crippen molar-refractivity contribution in [1.82, 2.24) is 25.4 Å². The largest absolute Gasteiger partial charge is 0.496 e. The molecule has 1 aliphatic carbocycles. The minimum absolute atomic E-state index is 0.503. The molecule has 0 bridgehead atoms. The van der Waals surface area contributed by atoms with Crippen molar-refractivity contribution >= 4 is 5.96 Å². The summed E-state index contributed by atoms with van der Waals surface area (Å²) in [5.41, 5.74) is 1.19. The number of rotatable bonds is 7. The van der Waals surface area contributed by atoms with E-state index in [0.717, 1.165) is 36.3 Å². The Morgan fingerprint density at radius 1 is 1.26 bits per heavy atom. The van der Waals surface area contributed by atoms with Crippen molar-refractivity contribution in [3.8, 4) is 5.75 Å². The lowest BCUT2D eigenvalue weighted by Crippen LogP contribution is -2.43. The summed E-state index contributed by atoms with van der Waals surface area (Å²) >= 11 is 0. The highest BCUT2D eigenvalue weighted by Crippen LogP contribution is 2.18. The molecule has 2 N–H and O–H groups in total. The smallest absolute Gasteiger partial charge is 0.191 e. The fourth-order valence-corrected chi connectivity index (χ4v) is 3.38. The quantitative estimate of drug-likeness (QED) is 0.578. The van der Waals surface area contributed by atoms with Crippen LogP contribution in [-0.4, -0.2) is 40.4 Å². The van der Waals surface area contributed by atoms with Crippen LogP contribution in [0.25, 0.3) is 0 Å². The molecule has 0 saturated heterocycles. The molecule has 1 aliphatic rings. The highest BCUT2D eigenvalue weighted by Gasteiger charge is 2.16. The first kappa shape index (κ1) is 19.2. The molecule has 7 nitrogen and oxygen atoms in total. The van der Waals surface area contributed by atoms with Crippen molar-refractivity contribution in [1.29, 1.82) is 0 Å². The van der Waals surface area contributed by atoms with Gasteiger partial charge in [-0.3, -0.25) is 0 Å². The summed E-state index contributed by atoms with van der Waals surface area (Å²) in [6.07, 6.45) is 5.86. The second-order valence-electron chi connectivity index (χ2n) is 7.00. The van der Waals surface area contributed by atoms with Gasteiger partial charge in [-0.25, -0.2) is 4.99 Å². The number of nitrogens with zero attached hydrogens (tertiary/aromatic N) is 4. The molecule has 27 heavy (non-hydrogen) atoms. The second kappa shape index (κ2) is 9.39. The highest BCUT2D eigenvalue weighted by atomic mass is 16.5. The van der Waals surface area contributed by atoms with Crippen molar-refractivity contribution in [2.75, 3.05) is 13.7 Å². The van der Waals surface area contributed by atoms with Gasteiger partial charge in [0.2, 0.25) is 0 Å². The average Bonchev–Trinajstić information content (AvgIpc) is 3.31. The van der Waals surface area contributed by atoms with Gasteiger partial charge >= 0.3 is 0 Å². The molecule has 0 spiro atoms. The van der Waals surface area contributed by atoms with Crippen LogP contribution in [0.4, 0.5) is 0 Å². The first-order valence-electron chi connectivity index (χ1n) is 9.69. The normalized spacial score (nSPS) is 15.1. The number of hydrogen-bond donors (Lipinski definition) is 2. The second-order valence-corrected chi connectivity index (χ2v) is 7.00. The lowest BCUT2D eigenvalue weighted by atomic mass is 10.1. The van der Waals surface area contributed by atoms with E-state index in [0.29, 0.717) is 12.6 Å². The zero-order chi connectivity index (χ0) is 19.1. The first-order valence-corrected chi connectivity index (χ1v) is 9.69. The molecule has 1 heterocycles. The summed E-state index contributed by atoms with van der Waals surface area (Å²) in [6.45, 7) is 3.24. The number of hydrogen-bond acceptors (Lipinski definition) is 4. The van der Waals surface area contributed by atoms with E-state index in [4.69, 9.17) is 9.73 Å². The maximum atomic E-state index is 5.44. The topological polar surface area (TPSA) is 76.4 Å². The standard InChI is InChI=1S/C20H30N6O/c1-15-24-25-19(26(15)2)14-22-20(23-17-9-5-6-10-17)21-13-12-16-8-4-7-11-18(16)27-3/h4,7-8,11,17H,5-6,9-10,12-14H2,1-3H3,(H2,21,22,23). The lowest BCUT2D eigenvalue weighted by molar-refractivity contribution is 0.409. The van der Waals surface area contributed by atoms with Crippen molar-refractivity contribution < 1.29 is 4.74 Å². The lowest BCUT2D eigenvalue weighted by Gasteiger charge is -2.18. The minimum atomic E-state index is 0.503. The summed E-state index contributed by atoms with van der Waals surface area (Å²) < 4.78 is 7.42. The molecule has 3 rings (SSSR count). The Kier molecular flexibility index (Phi) is 6.68. The Balaban J connectivity index is 1.62. The van der Waals surface area contributed by atoms with E-state index < -0.39 is 0 Å². The number of nitrogens with one attached hydrogen (secondary N) is 2. The third-order valence-corrected chi connectivity index (χ3v) is 5.14. The highest BCUT2D eigenvalue weighted by molar-refractivity contribution is 5.80. The number of aliphatic imine (C=N–C) groups is 1. The van der Waals surface area contributed by atoms with Crippen LogP contribution in [-0.2, 0) is 20.0 Å². The maximum absolute atomic E-state index is 5.44. The molecule has 0 unspecified atom stereocenters. The van der Waals surface area contributed by atoms with Crippen molar-refractivity contribution in [2.24, 2.45) is 12.0 Å². The molecule has 0 aliphatic heterocycles. The minimum Gasteiger partial charge on any atom is -0.496 e. The summed E-state index contributed by atoms with van der Waals surface area (Å²) in [5.74, 6) is 3.54. The zero-order valence-corrected chi connectivity index (χ0v) is 16.5. The Morgan fingerprint density at radius 3 is 2.74 bits per heavy atom. The number of methoxy groups -OCH3 is 1. The van der Waals surface area contributed by atoms with Crippen molar-refractivity contribution in [2.45, 2.75) is 51.6 Å². The van der Waals surface area contributed by atoms with Crippen molar-refractivity contribution in [3.05, 3.63) is 41.5 Å². The Morgan fingerprint density at radius 2 is 2.04 bits per heavy atom. The van der Waals surface area contributed by atoms with Gasteiger partial charge in [-0.15, -0.1) is 10.2 Å². The number of guanidine groups is 1. The molecule has 0 amide bonds. The molecular formula is C20H30N6O. The number of benzene rings is 1. The zero-order valence-electron chi connectivity index (χ0n) is 16.5. The Labute approximate surface area is 161 Å². The van der Waals surface area contributed by atoms with Crippen LogP contribution in [0.5, 0.6) is 5.75 Å². The van der Waals surface area contributed by atoms with Gasteiger partial charge in [0.05, 0.1) is 7.11 Å². The predicted octanol–water partition coefficient (Wildman–Crippen LogP) is 2.35. The number of aromatic nitrogens is 3. The first-order chi connectivity index (χ1) is 13.2. The van der Waals surface area contributed by atoms with Gasteiger partial charge in [-0.05, 0) is 37.8 Å². The van der Waals surface area contributed by atoms with Crippen LogP contribution < -0.4 is 15.4 Å². The van der Waals surface area contributed by atoms with E-state index in [1.54, 1.807) is 7.11 Å². The third kappa shape index (κ3) is 5.21.